The van der Waals surface area contributed by atoms with Crippen LogP contribution in [0.4, 0.5) is 5.69 Å². The van der Waals surface area contributed by atoms with Crippen LogP contribution in [0.2, 0.25) is 0 Å². The van der Waals surface area contributed by atoms with Crippen molar-refractivity contribution in [3.05, 3.63) is 24.5 Å². The highest BCUT2D eigenvalue weighted by Gasteiger charge is 2.25. The van der Waals surface area contributed by atoms with Gasteiger partial charge in [0.1, 0.15) is 0 Å². The highest BCUT2D eigenvalue weighted by Crippen LogP contribution is 2.20. The topological polar surface area (TPSA) is 33.2 Å². The third-order valence-electron chi connectivity index (χ3n) is 2.00. The summed E-state index contributed by atoms with van der Waals surface area (Å²) in [4.78, 5) is 17.4. The summed E-state index contributed by atoms with van der Waals surface area (Å²) in [5.74, 6) is 0.101. The van der Waals surface area contributed by atoms with Gasteiger partial charge in [0.15, 0.2) is 0 Å². The molecule has 0 aliphatic rings. The van der Waals surface area contributed by atoms with Crippen molar-refractivity contribution in [2.24, 2.45) is 5.41 Å². The van der Waals surface area contributed by atoms with Gasteiger partial charge < -0.3 is 4.90 Å². The second kappa shape index (κ2) is 3.78. The molecule has 0 spiro atoms. The molecule has 0 bridgehead atoms. The lowest BCUT2D eigenvalue weighted by Gasteiger charge is -2.25. The van der Waals surface area contributed by atoms with Crippen LogP contribution in [-0.4, -0.2) is 17.9 Å². The molecule has 0 saturated heterocycles. The standard InChI is InChI=1S/C11H16N2O/c1-11(2,3)10(14)13(4)9-5-7-12-8-6-9/h5-8H,1-4H3. The number of carbonyl (C=O) groups excluding carboxylic acids is 1. The second-order valence-corrected chi connectivity index (χ2v) is 4.32. The fourth-order valence-corrected chi connectivity index (χ4v) is 1.19. The third-order valence-corrected chi connectivity index (χ3v) is 2.00. The van der Waals surface area contributed by atoms with Crippen LogP contribution in [0.1, 0.15) is 20.8 Å². The number of nitrogens with zero attached hydrogens (tertiary/aromatic N) is 2. The lowest BCUT2D eigenvalue weighted by Crippen LogP contribution is -2.36. The SMILES string of the molecule is CN(C(=O)C(C)(C)C)c1ccncc1. The molecule has 0 atom stereocenters. The maximum Gasteiger partial charge on any atom is 0.232 e. The zero-order chi connectivity index (χ0) is 10.8. The number of aromatic nitrogens is 1. The first kappa shape index (κ1) is 10.7. The van der Waals surface area contributed by atoms with Crippen LogP contribution in [0.3, 0.4) is 0 Å². The van der Waals surface area contributed by atoms with Crippen molar-refractivity contribution in [3.63, 3.8) is 0 Å². The summed E-state index contributed by atoms with van der Waals surface area (Å²) in [5, 5.41) is 0. The molecule has 0 aliphatic carbocycles. The van der Waals surface area contributed by atoms with E-state index in [0.29, 0.717) is 0 Å². The van der Waals surface area contributed by atoms with E-state index in [2.05, 4.69) is 4.98 Å². The summed E-state index contributed by atoms with van der Waals surface area (Å²) in [6.07, 6.45) is 3.36. The molecular weight excluding hydrogens is 176 g/mol. The highest BCUT2D eigenvalue weighted by molar-refractivity contribution is 5.96. The number of carbonyl (C=O) groups is 1. The van der Waals surface area contributed by atoms with Crippen molar-refractivity contribution >= 4 is 11.6 Å². The van der Waals surface area contributed by atoms with E-state index in [0.717, 1.165) is 5.69 Å². The number of anilines is 1. The number of hydrogen-bond donors (Lipinski definition) is 0. The Morgan fingerprint density at radius 2 is 1.79 bits per heavy atom. The average molecular weight is 192 g/mol. The Morgan fingerprint density at radius 3 is 2.21 bits per heavy atom. The number of pyridine rings is 1. The van der Waals surface area contributed by atoms with Gasteiger partial charge in [-0.3, -0.25) is 9.78 Å². The lowest BCUT2D eigenvalue weighted by molar-refractivity contribution is -0.125. The Kier molecular flexibility index (Phi) is 2.89. The van der Waals surface area contributed by atoms with Crippen LogP contribution in [-0.2, 0) is 4.79 Å². The summed E-state index contributed by atoms with van der Waals surface area (Å²) in [7, 11) is 1.78. The Balaban J connectivity index is 2.87. The van der Waals surface area contributed by atoms with Crippen LogP contribution in [0, 0.1) is 5.41 Å². The maximum absolute atomic E-state index is 11.9. The summed E-state index contributed by atoms with van der Waals surface area (Å²) in [6.45, 7) is 5.73. The predicted molar refractivity (Wildman–Crippen MR) is 57.1 cm³/mol. The number of amides is 1. The molecular formula is C11H16N2O. The van der Waals surface area contributed by atoms with Crippen molar-refractivity contribution in [1.29, 1.82) is 0 Å². The summed E-state index contributed by atoms with van der Waals surface area (Å²) >= 11 is 0. The number of rotatable bonds is 1. The van der Waals surface area contributed by atoms with Gasteiger partial charge in [0.2, 0.25) is 5.91 Å². The molecule has 0 aliphatic heterocycles. The maximum atomic E-state index is 11.9. The summed E-state index contributed by atoms with van der Waals surface area (Å²) in [5.41, 5.74) is 0.526. The molecule has 1 amide bonds. The molecule has 1 heterocycles. The van der Waals surface area contributed by atoms with Crippen molar-refractivity contribution in [1.82, 2.24) is 4.98 Å². The van der Waals surface area contributed by atoms with E-state index >= 15 is 0 Å². The first-order valence-electron chi connectivity index (χ1n) is 4.61. The smallest absolute Gasteiger partial charge is 0.232 e. The van der Waals surface area contributed by atoms with Gasteiger partial charge in [-0.15, -0.1) is 0 Å². The molecule has 0 saturated carbocycles. The first-order chi connectivity index (χ1) is 6.43. The first-order valence-corrected chi connectivity index (χ1v) is 4.61. The van der Waals surface area contributed by atoms with Crippen LogP contribution in [0.5, 0.6) is 0 Å². The van der Waals surface area contributed by atoms with E-state index in [1.54, 1.807) is 24.3 Å². The molecule has 1 rings (SSSR count). The van der Waals surface area contributed by atoms with E-state index in [9.17, 15) is 4.79 Å². The van der Waals surface area contributed by atoms with Gasteiger partial charge in [-0.1, -0.05) is 20.8 Å². The Bertz CT molecular complexity index is 314. The van der Waals surface area contributed by atoms with Gasteiger partial charge in [0.05, 0.1) is 0 Å². The predicted octanol–water partition coefficient (Wildman–Crippen LogP) is 2.09. The molecule has 76 valence electrons. The summed E-state index contributed by atoms with van der Waals surface area (Å²) < 4.78 is 0. The zero-order valence-corrected chi connectivity index (χ0v) is 9.11. The molecule has 0 fully saturated rings. The van der Waals surface area contributed by atoms with Crippen molar-refractivity contribution < 1.29 is 4.79 Å². The van der Waals surface area contributed by atoms with Gasteiger partial charge in [-0.2, -0.15) is 0 Å². The Labute approximate surface area is 84.8 Å². The van der Waals surface area contributed by atoms with Gasteiger partial charge in [-0.05, 0) is 12.1 Å². The molecule has 0 radical (unpaired) electrons. The quantitative estimate of drug-likeness (QED) is 0.682. The Morgan fingerprint density at radius 1 is 1.29 bits per heavy atom. The zero-order valence-electron chi connectivity index (χ0n) is 9.11. The lowest BCUT2D eigenvalue weighted by atomic mass is 9.95. The van der Waals surface area contributed by atoms with E-state index in [1.165, 1.54) is 0 Å². The minimum Gasteiger partial charge on any atom is -0.315 e. The molecule has 14 heavy (non-hydrogen) atoms. The van der Waals surface area contributed by atoms with E-state index in [4.69, 9.17) is 0 Å². The van der Waals surface area contributed by atoms with Crippen LogP contribution < -0.4 is 4.90 Å². The molecule has 1 aromatic rings. The molecule has 3 nitrogen and oxygen atoms in total. The normalized spacial score (nSPS) is 11.1. The molecule has 1 aromatic heterocycles. The highest BCUT2D eigenvalue weighted by atomic mass is 16.2. The van der Waals surface area contributed by atoms with Crippen molar-refractivity contribution in [2.45, 2.75) is 20.8 Å². The average Bonchev–Trinajstić information content (AvgIpc) is 2.15. The Hall–Kier alpha value is -1.38. The molecule has 0 N–H and O–H groups in total. The fourth-order valence-electron chi connectivity index (χ4n) is 1.19. The second-order valence-electron chi connectivity index (χ2n) is 4.32. The minimum absolute atomic E-state index is 0.101. The van der Waals surface area contributed by atoms with Crippen LogP contribution in [0.25, 0.3) is 0 Å². The monoisotopic (exact) mass is 192 g/mol. The molecule has 0 aromatic carbocycles. The van der Waals surface area contributed by atoms with E-state index in [-0.39, 0.29) is 11.3 Å². The largest absolute Gasteiger partial charge is 0.315 e. The fraction of sp³-hybridized carbons (Fsp3) is 0.455. The van der Waals surface area contributed by atoms with Gasteiger partial charge in [-0.25, -0.2) is 0 Å². The minimum atomic E-state index is -0.349. The van der Waals surface area contributed by atoms with E-state index < -0.39 is 0 Å². The van der Waals surface area contributed by atoms with Crippen LogP contribution >= 0.6 is 0 Å². The molecule has 3 heteroatoms. The molecule has 0 unspecified atom stereocenters. The number of hydrogen-bond acceptors (Lipinski definition) is 2. The van der Waals surface area contributed by atoms with Crippen LogP contribution in [0.15, 0.2) is 24.5 Å². The van der Waals surface area contributed by atoms with Gasteiger partial charge in [0, 0.05) is 30.5 Å². The summed E-state index contributed by atoms with van der Waals surface area (Å²) in [6, 6.07) is 3.65. The van der Waals surface area contributed by atoms with Crippen molar-refractivity contribution in [3.8, 4) is 0 Å². The van der Waals surface area contributed by atoms with Gasteiger partial charge >= 0.3 is 0 Å². The van der Waals surface area contributed by atoms with E-state index in [1.807, 2.05) is 32.9 Å². The van der Waals surface area contributed by atoms with Crippen molar-refractivity contribution in [2.75, 3.05) is 11.9 Å². The third kappa shape index (κ3) is 2.31. The van der Waals surface area contributed by atoms with Gasteiger partial charge in [0.25, 0.3) is 0 Å².